The molecule has 0 spiro atoms. The summed E-state index contributed by atoms with van der Waals surface area (Å²) in [5, 5.41) is 0.535. The van der Waals surface area contributed by atoms with E-state index in [1.54, 1.807) is 19.1 Å². The maximum atomic E-state index is 14.0. The minimum absolute atomic E-state index is 0.103. The first-order valence-electron chi connectivity index (χ1n) is 9.25. The first kappa shape index (κ1) is 19.4. The van der Waals surface area contributed by atoms with Crippen molar-refractivity contribution in [2.75, 3.05) is 5.75 Å². The number of fused-ring (bicyclic) bond motifs is 1. The number of hydrogen-bond acceptors (Lipinski definition) is 5. The van der Waals surface area contributed by atoms with Crippen molar-refractivity contribution < 1.29 is 18.7 Å². The average molecular weight is 410 g/mol. The largest absolute Gasteiger partial charge is 0.457 e. The van der Waals surface area contributed by atoms with Crippen molar-refractivity contribution in [2.24, 2.45) is 4.99 Å². The van der Waals surface area contributed by atoms with Gasteiger partial charge in [-0.3, -0.25) is 9.69 Å². The number of amides is 1. The molecule has 0 bridgehead atoms. The summed E-state index contributed by atoms with van der Waals surface area (Å²) in [4.78, 5) is 31.7. The van der Waals surface area contributed by atoms with E-state index in [4.69, 9.17) is 4.74 Å². The number of allylic oxidation sites excluding steroid dienone is 1. The summed E-state index contributed by atoms with van der Waals surface area (Å²) < 4.78 is 19.5. The van der Waals surface area contributed by atoms with Gasteiger partial charge in [0.2, 0.25) is 5.91 Å². The van der Waals surface area contributed by atoms with Gasteiger partial charge in [-0.2, -0.15) is 0 Å². The Morgan fingerprint density at radius 3 is 2.79 bits per heavy atom. The molecule has 0 radical (unpaired) electrons. The van der Waals surface area contributed by atoms with Crippen LogP contribution in [0, 0.1) is 5.82 Å². The van der Waals surface area contributed by atoms with Gasteiger partial charge in [0.05, 0.1) is 17.3 Å². The molecule has 1 amide bonds. The molecule has 2 aromatic carbocycles. The normalized spacial score (nSPS) is 19.0. The van der Waals surface area contributed by atoms with E-state index in [2.05, 4.69) is 4.99 Å². The van der Waals surface area contributed by atoms with Gasteiger partial charge in [0.15, 0.2) is 5.17 Å². The topological polar surface area (TPSA) is 59.0 Å². The second-order valence-corrected chi connectivity index (χ2v) is 7.84. The lowest BCUT2D eigenvalue weighted by Gasteiger charge is -2.38. The molecule has 5 nitrogen and oxygen atoms in total. The van der Waals surface area contributed by atoms with E-state index < -0.39 is 17.8 Å². The summed E-state index contributed by atoms with van der Waals surface area (Å²) in [5.41, 5.74) is 2.10. The number of thioether (sulfide) groups is 1. The predicted molar refractivity (Wildman–Crippen MR) is 109 cm³/mol. The van der Waals surface area contributed by atoms with E-state index in [0.29, 0.717) is 28.6 Å². The second-order valence-electron chi connectivity index (χ2n) is 6.77. The number of rotatable bonds is 4. The van der Waals surface area contributed by atoms with Crippen LogP contribution < -0.4 is 0 Å². The lowest BCUT2D eigenvalue weighted by Crippen LogP contribution is -2.45. The number of hydrogen-bond donors (Lipinski definition) is 0. The molecule has 2 heterocycles. The van der Waals surface area contributed by atoms with Crippen molar-refractivity contribution in [2.45, 2.75) is 26.0 Å². The molecule has 2 aliphatic heterocycles. The third-order valence-electron chi connectivity index (χ3n) is 4.80. The van der Waals surface area contributed by atoms with E-state index in [1.807, 2.05) is 30.3 Å². The lowest BCUT2D eigenvalue weighted by atomic mass is 9.94. The van der Waals surface area contributed by atoms with E-state index >= 15 is 0 Å². The van der Waals surface area contributed by atoms with E-state index in [9.17, 15) is 14.0 Å². The van der Waals surface area contributed by atoms with Crippen LogP contribution in [-0.2, 0) is 20.9 Å². The van der Waals surface area contributed by atoms with Gasteiger partial charge in [-0.05, 0) is 30.2 Å². The van der Waals surface area contributed by atoms with Gasteiger partial charge in [-0.1, -0.05) is 54.2 Å². The second kappa shape index (κ2) is 8.21. The Hall–Kier alpha value is -2.93. The highest BCUT2D eigenvalue weighted by Gasteiger charge is 2.41. The quantitative estimate of drug-likeness (QED) is 0.708. The van der Waals surface area contributed by atoms with Crippen molar-refractivity contribution in [3.05, 3.63) is 82.8 Å². The molecular weight excluding hydrogens is 391 g/mol. The Kier molecular flexibility index (Phi) is 5.49. The number of aliphatic imine (C=N–C) groups is 1. The van der Waals surface area contributed by atoms with E-state index in [1.165, 1.54) is 28.8 Å². The number of nitrogens with zero attached hydrogens (tertiary/aromatic N) is 2. The van der Waals surface area contributed by atoms with Crippen LogP contribution in [-0.4, -0.2) is 27.7 Å². The molecule has 1 fully saturated rings. The highest BCUT2D eigenvalue weighted by molar-refractivity contribution is 8.14. The zero-order valence-corrected chi connectivity index (χ0v) is 16.6. The minimum Gasteiger partial charge on any atom is -0.457 e. The highest BCUT2D eigenvalue weighted by Crippen LogP contribution is 2.40. The fourth-order valence-electron chi connectivity index (χ4n) is 3.45. The van der Waals surface area contributed by atoms with Crippen LogP contribution in [0.5, 0.6) is 0 Å². The first-order valence-corrected chi connectivity index (χ1v) is 10.2. The van der Waals surface area contributed by atoms with E-state index in [-0.39, 0.29) is 18.1 Å². The summed E-state index contributed by atoms with van der Waals surface area (Å²) in [6, 6.07) is 14.5. The van der Waals surface area contributed by atoms with Gasteiger partial charge in [0.25, 0.3) is 0 Å². The number of halogens is 1. The van der Waals surface area contributed by atoms with Crippen LogP contribution in [0.1, 0.15) is 30.5 Å². The van der Waals surface area contributed by atoms with Crippen LogP contribution in [0.2, 0.25) is 0 Å². The minimum atomic E-state index is -0.762. The maximum absolute atomic E-state index is 14.0. The van der Waals surface area contributed by atoms with Crippen LogP contribution >= 0.6 is 11.8 Å². The fourth-order valence-corrected chi connectivity index (χ4v) is 4.46. The van der Waals surface area contributed by atoms with Crippen LogP contribution in [0.3, 0.4) is 0 Å². The zero-order chi connectivity index (χ0) is 20.4. The molecule has 0 saturated carbocycles. The first-order chi connectivity index (χ1) is 14.0. The summed E-state index contributed by atoms with van der Waals surface area (Å²) in [5.74, 6) is -0.506. The van der Waals surface area contributed by atoms with Gasteiger partial charge in [-0.25, -0.2) is 14.2 Å². The average Bonchev–Trinajstić information content (AvgIpc) is 2.72. The number of carbonyl (C=O) groups is 2. The molecule has 0 N–H and O–H groups in total. The number of ether oxygens (including phenoxy) is 1. The number of esters is 1. The molecule has 0 aromatic heterocycles. The van der Waals surface area contributed by atoms with Gasteiger partial charge in [0.1, 0.15) is 12.4 Å². The summed E-state index contributed by atoms with van der Waals surface area (Å²) in [6.07, 6.45) is 0.334. The van der Waals surface area contributed by atoms with Crippen molar-refractivity contribution in [3.63, 3.8) is 0 Å². The van der Waals surface area contributed by atoms with Gasteiger partial charge >= 0.3 is 5.97 Å². The third-order valence-corrected chi connectivity index (χ3v) is 5.76. The molecule has 2 aliphatic rings. The summed E-state index contributed by atoms with van der Waals surface area (Å²) >= 11 is 1.46. The van der Waals surface area contributed by atoms with Gasteiger partial charge in [-0.15, -0.1) is 0 Å². The molecule has 148 valence electrons. The number of carbonyl (C=O) groups excluding carboxylic acids is 2. The van der Waals surface area contributed by atoms with Gasteiger partial charge < -0.3 is 4.74 Å². The standard InChI is InChI=1S/C22H19FN2O3S/c1-14-19(21(27)28-13-15-6-3-2-4-7-15)20(16-8-5-9-17(23)12-16)25-18(26)10-11-29-22(25)24-14/h2-9,12,20H,10-11,13H2,1H3/t20-/m0/s1. The van der Waals surface area contributed by atoms with Crippen molar-refractivity contribution >= 4 is 28.8 Å². The predicted octanol–water partition coefficient (Wildman–Crippen LogP) is 4.22. The Bertz CT molecular complexity index is 1020. The lowest BCUT2D eigenvalue weighted by molar-refractivity contribution is -0.141. The van der Waals surface area contributed by atoms with Crippen molar-refractivity contribution in [1.82, 2.24) is 4.90 Å². The van der Waals surface area contributed by atoms with Crippen molar-refractivity contribution in [3.8, 4) is 0 Å². The number of amidine groups is 1. The maximum Gasteiger partial charge on any atom is 0.338 e. The van der Waals surface area contributed by atoms with E-state index in [0.717, 1.165) is 5.56 Å². The van der Waals surface area contributed by atoms with Crippen LogP contribution in [0.25, 0.3) is 0 Å². The molecule has 1 saturated heterocycles. The fraction of sp³-hybridized carbons (Fsp3) is 0.227. The third kappa shape index (κ3) is 3.96. The molecule has 0 unspecified atom stereocenters. The summed E-state index contributed by atoms with van der Waals surface area (Å²) in [7, 11) is 0. The monoisotopic (exact) mass is 410 g/mol. The molecule has 0 aliphatic carbocycles. The SMILES string of the molecule is CC1=C(C(=O)OCc2ccccc2)[C@H](c2cccc(F)c2)N2C(=O)CCSC2=N1. The molecule has 4 rings (SSSR count). The van der Waals surface area contributed by atoms with Crippen molar-refractivity contribution in [1.29, 1.82) is 0 Å². The number of benzene rings is 2. The van der Waals surface area contributed by atoms with Gasteiger partial charge in [0, 0.05) is 12.2 Å². The highest BCUT2D eigenvalue weighted by atomic mass is 32.2. The Balaban J connectivity index is 1.72. The molecular formula is C22H19FN2O3S. The molecule has 7 heteroatoms. The molecule has 29 heavy (non-hydrogen) atoms. The molecule has 2 aromatic rings. The Morgan fingerprint density at radius 1 is 1.24 bits per heavy atom. The van der Waals surface area contributed by atoms with Crippen LogP contribution in [0.15, 0.2) is 70.9 Å². The smallest absolute Gasteiger partial charge is 0.338 e. The zero-order valence-electron chi connectivity index (χ0n) is 15.8. The molecule has 1 atom stereocenters. The Labute approximate surface area is 172 Å². The van der Waals surface area contributed by atoms with Crippen LogP contribution in [0.4, 0.5) is 4.39 Å². The Morgan fingerprint density at radius 2 is 2.03 bits per heavy atom. The summed E-state index contributed by atoms with van der Waals surface area (Å²) in [6.45, 7) is 1.82.